The fourth-order valence-corrected chi connectivity index (χ4v) is 3.02. The van der Waals surface area contributed by atoms with Crippen LogP contribution in [0.2, 0.25) is 5.02 Å². The van der Waals surface area contributed by atoms with Crippen LogP contribution in [0.3, 0.4) is 0 Å². The van der Waals surface area contributed by atoms with Gasteiger partial charge >= 0.3 is 0 Å². The molecule has 17 heavy (non-hydrogen) atoms. The summed E-state index contributed by atoms with van der Waals surface area (Å²) < 4.78 is 0. The molecule has 0 amide bonds. The number of nitrogens with zero attached hydrogens (tertiary/aromatic N) is 1. The zero-order valence-electron chi connectivity index (χ0n) is 10.3. The van der Waals surface area contributed by atoms with E-state index in [0.29, 0.717) is 5.88 Å². The highest BCUT2D eigenvalue weighted by Crippen LogP contribution is 2.29. The topological polar surface area (TPSA) is 3.24 Å². The number of halogens is 2. The maximum atomic E-state index is 6.21. The molecule has 1 aromatic rings. The first-order valence-electron chi connectivity index (χ1n) is 6.34. The molecule has 1 aliphatic heterocycles. The first-order chi connectivity index (χ1) is 8.24. The van der Waals surface area contributed by atoms with Crippen LogP contribution in [0.4, 0.5) is 5.69 Å². The van der Waals surface area contributed by atoms with Gasteiger partial charge in [-0.2, -0.15) is 0 Å². The average molecular weight is 272 g/mol. The lowest BCUT2D eigenvalue weighted by atomic mass is 9.95. The van der Waals surface area contributed by atoms with E-state index >= 15 is 0 Å². The second-order valence-corrected chi connectivity index (χ2v) is 5.45. The molecule has 1 fully saturated rings. The summed E-state index contributed by atoms with van der Waals surface area (Å²) in [5.74, 6) is 1.31. The van der Waals surface area contributed by atoms with E-state index in [0.717, 1.165) is 29.6 Å². The van der Waals surface area contributed by atoms with Crippen LogP contribution in [0.5, 0.6) is 0 Å². The third-order valence-corrected chi connectivity index (χ3v) is 4.28. The summed E-state index contributed by atoms with van der Waals surface area (Å²) in [6.07, 6.45) is 3.91. The summed E-state index contributed by atoms with van der Waals surface area (Å²) in [4.78, 5) is 2.45. The molecule has 0 N–H and O–H groups in total. The second kappa shape index (κ2) is 5.97. The summed E-state index contributed by atoms with van der Waals surface area (Å²) in [6.45, 7) is 4.58. The van der Waals surface area contributed by atoms with Gasteiger partial charge in [-0.1, -0.05) is 31.0 Å². The largest absolute Gasteiger partial charge is 0.371 e. The standard InChI is InChI=1S/C14H19Cl2N/c1-2-11-4-3-7-17(10-11)13-6-5-12(9-15)14(16)8-13/h5-6,8,11H,2-4,7,9-10H2,1H3. The van der Waals surface area contributed by atoms with Gasteiger partial charge in [-0.05, 0) is 36.5 Å². The first-order valence-corrected chi connectivity index (χ1v) is 7.25. The summed E-state index contributed by atoms with van der Waals surface area (Å²) in [5, 5.41) is 0.788. The Hall–Kier alpha value is -0.400. The van der Waals surface area contributed by atoms with Crippen molar-refractivity contribution in [3.8, 4) is 0 Å². The van der Waals surface area contributed by atoms with Crippen LogP contribution in [0, 0.1) is 5.92 Å². The molecule has 0 radical (unpaired) electrons. The van der Waals surface area contributed by atoms with Gasteiger partial charge in [0.15, 0.2) is 0 Å². The number of benzene rings is 1. The van der Waals surface area contributed by atoms with Crippen LogP contribution in [0.15, 0.2) is 18.2 Å². The van der Waals surface area contributed by atoms with Crippen molar-refractivity contribution >= 4 is 28.9 Å². The van der Waals surface area contributed by atoms with Gasteiger partial charge in [0.1, 0.15) is 0 Å². The molecular formula is C14H19Cl2N. The van der Waals surface area contributed by atoms with Crippen molar-refractivity contribution in [1.29, 1.82) is 0 Å². The Morgan fingerprint density at radius 3 is 2.88 bits per heavy atom. The lowest BCUT2D eigenvalue weighted by Crippen LogP contribution is -2.35. The van der Waals surface area contributed by atoms with Gasteiger partial charge in [0.05, 0.1) is 0 Å². The molecule has 0 aromatic heterocycles. The molecule has 2 rings (SSSR count). The summed E-state index contributed by atoms with van der Waals surface area (Å²) in [5.41, 5.74) is 2.25. The van der Waals surface area contributed by atoms with Crippen LogP contribution >= 0.6 is 23.2 Å². The Bertz CT molecular complexity index is 378. The Morgan fingerprint density at radius 1 is 1.41 bits per heavy atom. The van der Waals surface area contributed by atoms with Gasteiger partial charge in [0, 0.05) is 29.7 Å². The van der Waals surface area contributed by atoms with E-state index in [1.54, 1.807) is 0 Å². The molecule has 94 valence electrons. The third-order valence-electron chi connectivity index (χ3n) is 3.64. The van der Waals surface area contributed by atoms with Crippen molar-refractivity contribution in [2.45, 2.75) is 32.1 Å². The van der Waals surface area contributed by atoms with Crippen molar-refractivity contribution in [2.24, 2.45) is 5.92 Å². The molecule has 0 bridgehead atoms. The van der Waals surface area contributed by atoms with E-state index in [1.807, 2.05) is 6.07 Å². The minimum absolute atomic E-state index is 0.483. The fourth-order valence-electron chi connectivity index (χ4n) is 2.47. The van der Waals surface area contributed by atoms with E-state index < -0.39 is 0 Å². The lowest BCUT2D eigenvalue weighted by Gasteiger charge is -2.34. The van der Waals surface area contributed by atoms with Crippen molar-refractivity contribution in [1.82, 2.24) is 0 Å². The van der Waals surface area contributed by atoms with E-state index in [9.17, 15) is 0 Å². The highest BCUT2D eigenvalue weighted by molar-refractivity contribution is 6.32. The van der Waals surface area contributed by atoms with Crippen LogP contribution in [-0.4, -0.2) is 13.1 Å². The summed E-state index contributed by atoms with van der Waals surface area (Å²) in [7, 11) is 0. The van der Waals surface area contributed by atoms with E-state index in [1.165, 1.54) is 24.9 Å². The molecule has 1 nitrogen and oxygen atoms in total. The number of rotatable bonds is 3. The Morgan fingerprint density at radius 2 is 2.24 bits per heavy atom. The SMILES string of the molecule is CCC1CCCN(c2ccc(CCl)c(Cl)c2)C1. The van der Waals surface area contributed by atoms with E-state index in [4.69, 9.17) is 23.2 Å². The molecule has 0 saturated carbocycles. The van der Waals surface area contributed by atoms with Crippen molar-refractivity contribution in [3.05, 3.63) is 28.8 Å². The first kappa shape index (κ1) is 13.0. The van der Waals surface area contributed by atoms with Crippen molar-refractivity contribution in [2.75, 3.05) is 18.0 Å². The lowest BCUT2D eigenvalue weighted by molar-refractivity contribution is 0.405. The van der Waals surface area contributed by atoms with Crippen LogP contribution < -0.4 is 4.90 Å². The number of hydrogen-bond acceptors (Lipinski definition) is 1. The predicted molar refractivity (Wildman–Crippen MR) is 76.2 cm³/mol. The molecule has 0 aliphatic carbocycles. The Kier molecular flexibility index (Phi) is 4.58. The molecule has 1 atom stereocenters. The second-order valence-electron chi connectivity index (χ2n) is 4.77. The zero-order chi connectivity index (χ0) is 12.3. The van der Waals surface area contributed by atoms with Gasteiger partial charge < -0.3 is 4.90 Å². The predicted octanol–water partition coefficient (Wildman–Crippen LogP) is 4.71. The number of hydrogen-bond donors (Lipinski definition) is 0. The fraction of sp³-hybridized carbons (Fsp3) is 0.571. The highest BCUT2D eigenvalue weighted by Gasteiger charge is 2.19. The average Bonchev–Trinajstić information content (AvgIpc) is 2.38. The molecule has 1 aliphatic rings. The van der Waals surface area contributed by atoms with Crippen molar-refractivity contribution < 1.29 is 0 Å². The Balaban J connectivity index is 2.13. The van der Waals surface area contributed by atoms with E-state index in [-0.39, 0.29) is 0 Å². The normalized spacial score (nSPS) is 20.6. The molecule has 1 unspecified atom stereocenters. The number of piperidine rings is 1. The van der Waals surface area contributed by atoms with Gasteiger partial charge in [-0.3, -0.25) is 0 Å². The minimum Gasteiger partial charge on any atom is -0.371 e. The molecule has 1 aromatic carbocycles. The van der Waals surface area contributed by atoms with Gasteiger partial charge in [-0.25, -0.2) is 0 Å². The minimum atomic E-state index is 0.483. The molecule has 3 heteroatoms. The zero-order valence-corrected chi connectivity index (χ0v) is 11.8. The van der Waals surface area contributed by atoms with E-state index in [2.05, 4.69) is 24.0 Å². The summed E-state index contributed by atoms with van der Waals surface area (Å²) >= 11 is 12.0. The third kappa shape index (κ3) is 3.08. The molecule has 1 heterocycles. The maximum Gasteiger partial charge on any atom is 0.0488 e. The number of anilines is 1. The highest BCUT2D eigenvalue weighted by atomic mass is 35.5. The molecule has 0 spiro atoms. The molecular weight excluding hydrogens is 253 g/mol. The van der Waals surface area contributed by atoms with Gasteiger partial charge in [-0.15, -0.1) is 11.6 Å². The number of alkyl halides is 1. The van der Waals surface area contributed by atoms with Crippen LogP contribution in [0.25, 0.3) is 0 Å². The van der Waals surface area contributed by atoms with Crippen LogP contribution in [-0.2, 0) is 5.88 Å². The van der Waals surface area contributed by atoms with Gasteiger partial charge in [0.2, 0.25) is 0 Å². The quantitative estimate of drug-likeness (QED) is 0.720. The maximum absolute atomic E-state index is 6.21. The Labute approximate surface area is 114 Å². The monoisotopic (exact) mass is 271 g/mol. The smallest absolute Gasteiger partial charge is 0.0488 e. The molecule has 1 saturated heterocycles. The van der Waals surface area contributed by atoms with Crippen molar-refractivity contribution in [3.63, 3.8) is 0 Å². The van der Waals surface area contributed by atoms with Crippen LogP contribution in [0.1, 0.15) is 31.7 Å². The summed E-state index contributed by atoms with van der Waals surface area (Å²) in [6, 6.07) is 6.24. The van der Waals surface area contributed by atoms with Gasteiger partial charge in [0.25, 0.3) is 0 Å².